The topological polar surface area (TPSA) is 82.8 Å². The molecule has 0 saturated heterocycles. The lowest BCUT2D eigenvalue weighted by Gasteiger charge is -2.09. The Bertz CT molecular complexity index is 1150. The van der Waals surface area contributed by atoms with Gasteiger partial charge in [0.1, 0.15) is 5.82 Å². The second-order valence-corrected chi connectivity index (χ2v) is 6.62. The van der Waals surface area contributed by atoms with E-state index in [1.54, 1.807) is 0 Å². The molecule has 0 fully saturated rings. The van der Waals surface area contributed by atoms with Crippen LogP contribution in [0.4, 0.5) is 11.8 Å². The molecule has 0 atom stereocenters. The molecule has 122 valence electrons. The van der Waals surface area contributed by atoms with E-state index < -0.39 is 0 Å². The van der Waals surface area contributed by atoms with E-state index in [9.17, 15) is 0 Å². The fourth-order valence-corrected chi connectivity index (χ4v) is 3.52. The zero-order chi connectivity index (χ0) is 17.6. The first-order valence-corrected chi connectivity index (χ1v) is 8.41. The van der Waals surface area contributed by atoms with Gasteiger partial charge in [0.05, 0.1) is 16.4 Å². The third-order valence-corrected chi connectivity index (χ3v) is 4.80. The maximum Gasteiger partial charge on any atom is 0.222 e. The van der Waals surface area contributed by atoms with Gasteiger partial charge in [0.15, 0.2) is 0 Å². The summed E-state index contributed by atoms with van der Waals surface area (Å²) in [7, 11) is 0. The smallest absolute Gasteiger partial charge is 0.222 e. The molecular formula is C19H14BrN5. The number of nitrogen functional groups attached to an aromatic ring is 2. The van der Waals surface area contributed by atoms with Crippen molar-refractivity contribution in [3.05, 3.63) is 58.2 Å². The molecule has 0 aliphatic carbocycles. The van der Waals surface area contributed by atoms with Crippen molar-refractivity contribution in [3.63, 3.8) is 0 Å². The summed E-state index contributed by atoms with van der Waals surface area (Å²) in [6.45, 7) is 0.724. The number of rotatable bonds is 2. The fraction of sp³-hybridized carbons (Fsp3) is 0.0526. The third kappa shape index (κ3) is 2.59. The molecule has 0 radical (unpaired) electrons. The summed E-state index contributed by atoms with van der Waals surface area (Å²) in [6.07, 6.45) is 7.44. The molecule has 4 aromatic rings. The number of benzene rings is 2. The zero-order valence-electron chi connectivity index (χ0n) is 13.2. The molecule has 25 heavy (non-hydrogen) atoms. The Hall–Kier alpha value is -3.04. The molecule has 0 amide bonds. The van der Waals surface area contributed by atoms with Crippen LogP contribution < -0.4 is 11.5 Å². The van der Waals surface area contributed by atoms with Gasteiger partial charge in [-0.2, -0.15) is 4.98 Å². The summed E-state index contributed by atoms with van der Waals surface area (Å²) in [6, 6.07) is 12.0. The van der Waals surface area contributed by atoms with Crippen LogP contribution in [-0.2, 0) is 6.54 Å². The van der Waals surface area contributed by atoms with Crippen molar-refractivity contribution in [1.82, 2.24) is 14.5 Å². The van der Waals surface area contributed by atoms with Gasteiger partial charge in [0.2, 0.25) is 5.95 Å². The van der Waals surface area contributed by atoms with E-state index in [1.165, 1.54) is 0 Å². The predicted octanol–water partition coefficient (Wildman–Crippen LogP) is 3.54. The number of terminal acetylenes is 1. The van der Waals surface area contributed by atoms with Gasteiger partial charge in [-0.25, -0.2) is 4.98 Å². The van der Waals surface area contributed by atoms with E-state index in [0.29, 0.717) is 11.3 Å². The normalized spacial score (nSPS) is 11.0. The number of halogens is 1. The highest BCUT2D eigenvalue weighted by Gasteiger charge is 2.14. The van der Waals surface area contributed by atoms with E-state index in [0.717, 1.165) is 38.4 Å². The van der Waals surface area contributed by atoms with Crippen LogP contribution >= 0.6 is 15.9 Å². The summed E-state index contributed by atoms with van der Waals surface area (Å²) in [5.74, 6) is 3.17. The summed E-state index contributed by atoms with van der Waals surface area (Å²) in [5.41, 5.74) is 15.6. The number of aromatic nitrogens is 3. The van der Waals surface area contributed by atoms with Gasteiger partial charge < -0.3 is 16.0 Å². The minimum atomic E-state index is 0.165. The standard InChI is InChI=1S/C19H14BrN5/c1-2-11-3-5-12(6-4-11)10-25-8-7-13-15(25)9-14(20)17-16(13)18(21)24-19(22)23-17/h1,3-9H,10H2,(H4,21,22,23,24). The van der Waals surface area contributed by atoms with Crippen molar-refractivity contribution in [2.45, 2.75) is 6.54 Å². The lowest BCUT2D eigenvalue weighted by atomic mass is 10.1. The molecule has 0 bridgehead atoms. The van der Waals surface area contributed by atoms with E-state index in [-0.39, 0.29) is 5.95 Å². The second kappa shape index (κ2) is 5.80. The summed E-state index contributed by atoms with van der Waals surface area (Å²) < 4.78 is 2.98. The first kappa shape index (κ1) is 15.5. The summed E-state index contributed by atoms with van der Waals surface area (Å²) in [4.78, 5) is 8.41. The van der Waals surface area contributed by atoms with Crippen LogP contribution in [-0.4, -0.2) is 14.5 Å². The molecule has 5 nitrogen and oxygen atoms in total. The van der Waals surface area contributed by atoms with E-state index >= 15 is 0 Å². The van der Waals surface area contributed by atoms with Crippen LogP contribution in [0.1, 0.15) is 11.1 Å². The predicted molar refractivity (Wildman–Crippen MR) is 105 cm³/mol. The Morgan fingerprint density at radius 3 is 2.60 bits per heavy atom. The van der Waals surface area contributed by atoms with Crippen molar-refractivity contribution in [3.8, 4) is 12.3 Å². The number of hydrogen-bond acceptors (Lipinski definition) is 4. The van der Waals surface area contributed by atoms with Crippen molar-refractivity contribution in [1.29, 1.82) is 0 Å². The molecular weight excluding hydrogens is 378 g/mol. The van der Waals surface area contributed by atoms with Crippen molar-refractivity contribution < 1.29 is 0 Å². The van der Waals surface area contributed by atoms with Crippen molar-refractivity contribution in [2.75, 3.05) is 11.5 Å². The first-order valence-electron chi connectivity index (χ1n) is 7.62. The first-order chi connectivity index (χ1) is 12.1. The van der Waals surface area contributed by atoms with Gasteiger partial charge in [-0.05, 0) is 45.8 Å². The van der Waals surface area contributed by atoms with Crippen LogP contribution in [0.25, 0.3) is 21.8 Å². The largest absolute Gasteiger partial charge is 0.383 e. The van der Waals surface area contributed by atoms with Crippen LogP contribution in [0, 0.1) is 12.3 Å². The maximum absolute atomic E-state index is 6.11. The molecule has 2 aromatic heterocycles. The monoisotopic (exact) mass is 391 g/mol. The molecule has 2 aromatic carbocycles. The minimum absolute atomic E-state index is 0.165. The van der Waals surface area contributed by atoms with E-state index in [1.807, 2.05) is 42.6 Å². The minimum Gasteiger partial charge on any atom is -0.383 e. The van der Waals surface area contributed by atoms with Gasteiger partial charge in [0, 0.05) is 28.2 Å². The number of hydrogen-bond donors (Lipinski definition) is 2. The van der Waals surface area contributed by atoms with Gasteiger partial charge >= 0.3 is 0 Å². The van der Waals surface area contributed by atoms with Crippen LogP contribution in [0.5, 0.6) is 0 Å². The Morgan fingerprint density at radius 1 is 1.12 bits per heavy atom. The van der Waals surface area contributed by atoms with E-state index in [2.05, 4.69) is 36.4 Å². The fourth-order valence-electron chi connectivity index (χ4n) is 3.02. The molecule has 4 N–H and O–H groups in total. The summed E-state index contributed by atoms with van der Waals surface area (Å²) in [5, 5.41) is 1.80. The Kier molecular flexibility index (Phi) is 3.59. The zero-order valence-corrected chi connectivity index (χ0v) is 14.8. The highest BCUT2D eigenvalue weighted by molar-refractivity contribution is 9.10. The molecule has 0 saturated carbocycles. The summed E-state index contributed by atoms with van der Waals surface area (Å²) >= 11 is 3.57. The Labute approximate surface area is 152 Å². The van der Waals surface area contributed by atoms with Crippen molar-refractivity contribution in [2.24, 2.45) is 0 Å². The van der Waals surface area contributed by atoms with Crippen molar-refractivity contribution >= 4 is 49.5 Å². The number of nitrogens with two attached hydrogens (primary N) is 2. The maximum atomic E-state index is 6.11. The van der Waals surface area contributed by atoms with Gasteiger partial charge in [-0.15, -0.1) is 6.42 Å². The van der Waals surface area contributed by atoms with E-state index in [4.69, 9.17) is 17.9 Å². The lowest BCUT2D eigenvalue weighted by molar-refractivity contribution is 0.837. The van der Waals surface area contributed by atoms with Crippen LogP contribution in [0.2, 0.25) is 0 Å². The number of nitrogens with zero attached hydrogens (tertiary/aromatic N) is 3. The molecule has 4 rings (SSSR count). The number of anilines is 2. The molecule has 0 aliphatic rings. The third-order valence-electron chi connectivity index (χ3n) is 4.19. The molecule has 0 unspecified atom stereocenters. The van der Waals surface area contributed by atoms with Gasteiger partial charge in [-0.1, -0.05) is 18.1 Å². The Morgan fingerprint density at radius 2 is 1.88 bits per heavy atom. The second-order valence-electron chi connectivity index (χ2n) is 5.77. The average Bonchev–Trinajstić information content (AvgIpc) is 2.98. The van der Waals surface area contributed by atoms with Gasteiger partial charge in [-0.3, -0.25) is 0 Å². The van der Waals surface area contributed by atoms with Crippen LogP contribution in [0.15, 0.2) is 47.1 Å². The molecule has 0 aliphatic heterocycles. The molecule has 0 spiro atoms. The Balaban J connectivity index is 1.88. The highest BCUT2D eigenvalue weighted by Crippen LogP contribution is 2.34. The molecule has 2 heterocycles. The van der Waals surface area contributed by atoms with Crippen LogP contribution in [0.3, 0.4) is 0 Å². The van der Waals surface area contributed by atoms with Gasteiger partial charge in [0.25, 0.3) is 0 Å². The lowest BCUT2D eigenvalue weighted by Crippen LogP contribution is -2.02. The number of fused-ring (bicyclic) bond motifs is 3. The average molecular weight is 392 g/mol. The molecule has 6 heteroatoms. The quantitative estimate of drug-likeness (QED) is 0.511. The SMILES string of the molecule is C#Cc1ccc(Cn2ccc3c4c(N)nc(N)nc4c(Br)cc32)cc1. The highest BCUT2D eigenvalue weighted by atomic mass is 79.9.